The van der Waals surface area contributed by atoms with Crippen molar-refractivity contribution in [1.29, 1.82) is 0 Å². The van der Waals surface area contributed by atoms with E-state index in [0.717, 1.165) is 0 Å². The lowest BCUT2D eigenvalue weighted by atomic mass is 10.5. The first-order valence-electron chi connectivity index (χ1n) is 2.73. The Bertz CT molecular complexity index is 168. The zero-order chi connectivity index (χ0) is 7.56. The summed E-state index contributed by atoms with van der Waals surface area (Å²) in [5.41, 5.74) is 0. The Morgan fingerprint density at radius 3 is 2.80 bits per heavy atom. The van der Waals surface area contributed by atoms with Gasteiger partial charge in [-0.25, -0.2) is 4.31 Å². The molecule has 0 radical (unpaired) electrons. The Hall–Kier alpha value is 0.340. The highest BCUT2D eigenvalue weighted by Crippen LogP contribution is 2.43. The molecule has 0 amide bonds. The molecule has 60 valence electrons. The first-order chi connectivity index (χ1) is 4.68. The second kappa shape index (κ2) is 3.65. The third kappa shape index (κ3) is 2.52. The second-order valence-electron chi connectivity index (χ2n) is 1.84. The Morgan fingerprint density at radius 1 is 1.40 bits per heavy atom. The van der Waals surface area contributed by atoms with Gasteiger partial charge in [-0.1, -0.05) is 0 Å². The molecule has 1 rings (SSSR count). The number of hydrogen-bond donors (Lipinski definition) is 0. The summed E-state index contributed by atoms with van der Waals surface area (Å²) >= 11 is 0. The van der Waals surface area contributed by atoms with Gasteiger partial charge >= 0.3 is 16.5 Å². The van der Waals surface area contributed by atoms with E-state index in [4.69, 9.17) is 4.52 Å². The molecular formula is C3H8O5P2. The van der Waals surface area contributed by atoms with Gasteiger partial charge in [-0.05, 0) is 6.92 Å². The molecular weight excluding hydrogens is 178 g/mol. The van der Waals surface area contributed by atoms with E-state index < -0.39 is 16.5 Å². The SMILES string of the molecule is CC1CO[PH](=O)O[PH](=O)O1. The van der Waals surface area contributed by atoms with Crippen molar-refractivity contribution in [3.63, 3.8) is 0 Å². The summed E-state index contributed by atoms with van der Waals surface area (Å²) in [6.07, 6.45) is -0.303. The third-order valence-electron chi connectivity index (χ3n) is 0.900. The van der Waals surface area contributed by atoms with Crippen LogP contribution in [0, 0.1) is 0 Å². The molecule has 1 aliphatic heterocycles. The molecule has 1 fully saturated rings. The maximum Gasteiger partial charge on any atom is 0.326 e. The van der Waals surface area contributed by atoms with Crippen molar-refractivity contribution >= 4 is 16.5 Å². The molecule has 0 aromatic heterocycles. The number of rotatable bonds is 0. The standard InChI is InChI=1S/C3H8O5P2/c1-3-2-6-9(4)8-10(5)7-3/h3,9-10H,2H2,1H3. The van der Waals surface area contributed by atoms with Gasteiger partial charge in [0.2, 0.25) is 0 Å². The summed E-state index contributed by atoms with van der Waals surface area (Å²) in [5, 5.41) is 0. The monoisotopic (exact) mass is 186 g/mol. The summed E-state index contributed by atoms with van der Waals surface area (Å²) in [6.45, 7) is 1.85. The van der Waals surface area contributed by atoms with Crippen LogP contribution in [-0.2, 0) is 22.5 Å². The molecule has 7 heteroatoms. The van der Waals surface area contributed by atoms with Gasteiger partial charge in [0.25, 0.3) is 0 Å². The summed E-state index contributed by atoms with van der Waals surface area (Å²) in [7, 11) is -5.12. The van der Waals surface area contributed by atoms with E-state index in [9.17, 15) is 9.13 Å². The van der Waals surface area contributed by atoms with Crippen LogP contribution in [0.15, 0.2) is 0 Å². The van der Waals surface area contributed by atoms with E-state index in [1.807, 2.05) is 0 Å². The Labute approximate surface area is 59.6 Å². The van der Waals surface area contributed by atoms with Crippen LogP contribution >= 0.6 is 16.5 Å². The first-order valence-corrected chi connectivity index (χ1v) is 5.18. The van der Waals surface area contributed by atoms with Gasteiger partial charge in [0.05, 0.1) is 12.7 Å². The summed E-state index contributed by atoms with van der Waals surface area (Å²) in [5.74, 6) is 0. The maximum absolute atomic E-state index is 10.6. The summed E-state index contributed by atoms with van der Waals surface area (Å²) in [4.78, 5) is 0. The lowest BCUT2D eigenvalue weighted by Gasteiger charge is -2.02. The van der Waals surface area contributed by atoms with Crippen LogP contribution in [0.3, 0.4) is 0 Å². The molecule has 3 unspecified atom stereocenters. The topological polar surface area (TPSA) is 61.8 Å². The van der Waals surface area contributed by atoms with Crippen molar-refractivity contribution in [2.45, 2.75) is 13.0 Å². The van der Waals surface area contributed by atoms with Gasteiger partial charge in [-0.15, -0.1) is 0 Å². The van der Waals surface area contributed by atoms with Crippen LogP contribution in [-0.4, -0.2) is 12.7 Å². The van der Waals surface area contributed by atoms with Crippen molar-refractivity contribution in [2.24, 2.45) is 0 Å². The van der Waals surface area contributed by atoms with Crippen molar-refractivity contribution in [1.82, 2.24) is 0 Å². The van der Waals surface area contributed by atoms with Crippen LogP contribution in [0.25, 0.3) is 0 Å². The molecule has 0 aromatic rings. The van der Waals surface area contributed by atoms with Gasteiger partial charge < -0.3 is 9.05 Å². The Morgan fingerprint density at radius 2 is 2.10 bits per heavy atom. The smallest absolute Gasteiger partial charge is 0.308 e. The lowest BCUT2D eigenvalue weighted by molar-refractivity contribution is 0.165. The van der Waals surface area contributed by atoms with Gasteiger partial charge in [0.15, 0.2) is 0 Å². The molecule has 0 saturated carbocycles. The van der Waals surface area contributed by atoms with Crippen LogP contribution in [0.1, 0.15) is 6.92 Å². The van der Waals surface area contributed by atoms with Crippen LogP contribution < -0.4 is 0 Å². The predicted molar refractivity (Wildman–Crippen MR) is 35.6 cm³/mol. The average Bonchev–Trinajstić information content (AvgIpc) is 1.93. The van der Waals surface area contributed by atoms with E-state index in [-0.39, 0.29) is 12.7 Å². The predicted octanol–water partition coefficient (Wildman–Crippen LogP) is 1.22. The first kappa shape index (κ1) is 8.44. The van der Waals surface area contributed by atoms with E-state index in [1.165, 1.54) is 0 Å². The van der Waals surface area contributed by atoms with Crippen LogP contribution in [0.2, 0.25) is 0 Å². The molecule has 10 heavy (non-hydrogen) atoms. The van der Waals surface area contributed by atoms with Crippen molar-refractivity contribution in [3.05, 3.63) is 0 Å². The van der Waals surface area contributed by atoms with E-state index in [0.29, 0.717) is 0 Å². The molecule has 1 heterocycles. The normalized spacial score (nSPS) is 42.7. The van der Waals surface area contributed by atoms with Gasteiger partial charge in [0, 0.05) is 0 Å². The fraction of sp³-hybridized carbons (Fsp3) is 1.00. The second-order valence-corrected chi connectivity index (χ2v) is 4.18. The molecule has 0 aliphatic carbocycles. The molecule has 0 spiro atoms. The van der Waals surface area contributed by atoms with Crippen molar-refractivity contribution in [3.8, 4) is 0 Å². The average molecular weight is 186 g/mol. The molecule has 1 aliphatic rings. The molecule has 0 N–H and O–H groups in total. The largest absolute Gasteiger partial charge is 0.326 e. The fourth-order valence-corrected chi connectivity index (χ4v) is 2.25. The van der Waals surface area contributed by atoms with E-state index >= 15 is 0 Å². The van der Waals surface area contributed by atoms with Crippen LogP contribution in [0.5, 0.6) is 0 Å². The minimum atomic E-state index is -2.57. The summed E-state index contributed by atoms with van der Waals surface area (Å²) in [6, 6.07) is 0. The molecule has 0 bridgehead atoms. The van der Waals surface area contributed by atoms with Gasteiger partial charge in [-0.3, -0.25) is 9.13 Å². The highest BCUT2D eigenvalue weighted by atomic mass is 31.2. The summed E-state index contributed by atoms with van der Waals surface area (Å²) < 4.78 is 34.8. The fourth-order valence-electron chi connectivity index (χ4n) is 0.505. The Kier molecular flexibility index (Phi) is 3.08. The molecule has 3 atom stereocenters. The maximum atomic E-state index is 10.6. The third-order valence-corrected chi connectivity index (χ3v) is 3.23. The minimum Gasteiger partial charge on any atom is -0.308 e. The zero-order valence-corrected chi connectivity index (χ0v) is 7.33. The molecule has 0 aromatic carbocycles. The van der Waals surface area contributed by atoms with Gasteiger partial charge in [0.1, 0.15) is 0 Å². The van der Waals surface area contributed by atoms with Gasteiger partial charge in [-0.2, -0.15) is 0 Å². The van der Waals surface area contributed by atoms with E-state index in [2.05, 4.69) is 8.83 Å². The van der Waals surface area contributed by atoms with E-state index in [1.54, 1.807) is 6.92 Å². The lowest BCUT2D eigenvalue weighted by Crippen LogP contribution is -2.07. The number of hydrogen-bond acceptors (Lipinski definition) is 5. The molecule has 5 nitrogen and oxygen atoms in total. The van der Waals surface area contributed by atoms with Crippen molar-refractivity contribution < 1.29 is 22.5 Å². The van der Waals surface area contributed by atoms with Crippen molar-refractivity contribution in [2.75, 3.05) is 6.61 Å². The highest BCUT2D eigenvalue weighted by Gasteiger charge is 2.17. The Balaban J connectivity index is 2.54. The highest BCUT2D eigenvalue weighted by molar-refractivity contribution is 7.47. The minimum absolute atomic E-state index is 0.175. The quantitative estimate of drug-likeness (QED) is 0.532. The van der Waals surface area contributed by atoms with Crippen LogP contribution in [0.4, 0.5) is 0 Å². The zero-order valence-electron chi connectivity index (χ0n) is 5.33. The molecule has 1 saturated heterocycles.